The van der Waals surface area contributed by atoms with Gasteiger partial charge in [-0.25, -0.2) is 0 Å². The van der Waals surface area contributed by atoms with E-state index in [-0.39, 0.29) is 11.3 Å². The smallest absolute Gasteiger partial charge is 0.271 e. The number of hydrogen-bond acceptors (Lipinski definition) is 5. The fourth-order valence-corrected chi connectivity index (χ4v) is 5.24. The summed E-state index contributed by atoms with van der Waals surface area (Å²) in [6.45, 7) is 1.57. The van der Waals surface area contributed by atoms with E-state index in [1.807, 2.05) is 6.07 Å². The van der Waals surface area contributed by atoms with Gasteiger partial charge < -0.3 is 0 Å². The Hall–Kier alpha value is -1.89. The van der Waals surface area contributed by atoms with Crippen molar-refractivity contribution in [2.45, 2.75) is 17.6 Å². The number of nitrogens with zero attached hydrogens (tertiary/aromatic N) is 2. The van der Waals surface area contributed by atoms with E-state index >= 15 is 0 Å². The molecule has 0 aliphatic carbocycles. The van der Waals surface area contributed by atoms with Gasteiger partial charge in [0.05, 0.1) is 20.5 Å². The minimum Gasteiger partial charge on any atom is -0.294 e. The van der Waals surface area contributed by atoms with Gasteiger partial charge in [0.15, 0.2) is 5.78 Å². The lowest BCUT2D eigenvalue weighted by atomic mass is 10.1. The Balaban J connectivity index is 1.93. The van der Waals surface area contributed by atoms with Crippen molar-refractivity contribution in [3.05, 3.63) is 62.2 Å². The van der Waals surface area contributed by atoms with Crippen LogP contribution in [0.5, 0.6) is 0 Å². The third kappa shape index (κ3) is 3.05. The fourth-order valence-electron chi connectivity index (χ4n) is 2.75. The van der Waals surface area contributed by atoms with Crippen LogP contribution in [-0.4, -0.2) is 21.3 Å². The molecule has 3 heterocycles. The molecule has 0 bridgehead atoms. The number of hydrogen-bond donors (Lipinski definition) is 0. The van der Waals surface area contributed by atoms with E-state index in [0.717, 1.165) is 38.1 Å². The third-order valence-electron chi connectivity index (χ3n) is 3.99. The van der Waals surface area contributed by atoms with E-state index < -0.39 is 0 Å². The molecule has 126 valence electrons. The van der Waals surface area contributed by atoms with Crippen molar-refractivity contribution >= 4 is 40.5 Å². The predicted molar refractivity (Wildman–Crippen MR) is 103 cm³/mol. The first-order valence-electron chi connectivity index (χ1n) is 7.70. The van der Waals surface area contributed by atoms with Crippen molar-refractivity contribution in [2.24, 2.45) is 0 Å². The molecule has 1 aliphatic heterocycles. The fraction of sp³-hybridized carbons (Fsp3) is 0.167. The van der Waals surface area contributed by atoms with Crippen molar-refractivity contribution in [3.63, 3.8) is 0 Å². The molecule has 3 aromatic rings. The summed E-state index contributed by atoms with van der Waals surface area (Å²) in [5.41, 5.74) is 3.14. The summed E-state index contributed by atoms with van der Waals surface area (Å²) >= 11 is 9.14. The Labute approximate surface area is 157 Å². The van der Waals surface area contributed by atoms with Gasteiger partial charge >= 0.3 is 0 Å². The largest absolute Gasteiger partial charge is 0.294 e. The first kappa shape index (κ1) is 16.6. The van der Waals surface area contributed by atoms with E-state index in [1.165, 1.54) is 16.0 Å². The number of benzene rings is 1. The van der Waals surface area contributed by atoms with Gasteiger partial charge in [-0.3, -0.25) is 9.59 Å². The number of rotatable bonds is 2. The van der Waals surface area contributed by atoms with Crippen LogP contribution >= 0.6 is 34.7 Å². The van der Waals surface area contributed by atoms with E-state index in [4.69, 9.17) is 11.6 Å². The number of aromatic nitrogens is 2. The van der Waals surface area contributed by atoms with Gasteiger partial charge in [0, 0.05) is 22.4 Å². The molecule has 0 saturated carbocycles. The van der Waals surface area contributed by atoms with Crippen molar-refractivity contribution < 1.29 is 4.79 Å². The second kappa shape index (κ2) is 6.44. The topological polar surface area (TPSA) is 52.0 Å². The molecule has 1 aromatic carbocycles. The zero-order valence-electron chi connectivity index (χ0n) is 13.3. The van der Waals surface area contributed by atoms with Crippen LogP contribution in [0.2, 0.25) is 5.02 Å². The maximum atomic E-state index is 12.5. The Kier molecular flexibility index (Phi) is 4.27. The van der Waals surface area contributed by atoms with Crippen molar-refractivity contribution in [1.82, 2.24) is 9.78 Å². The van der Waals surface area contributed by atoms with Crippen molar-refractivity contribution in [3.8, 4) is 16.9 Å². The molecule has 1 aliphatic rings. The number of halogens is 1. The Morgan fingerprint density at radius 1 is 1.24 bits per heavy atom. The molecule has 4 rings (SSSR count). The molecule has 25 heavy (non-hydrogen) atoms. The minimum atomic E-state index is -0.170. The summed E-state index contributed by atoms with van der Waals surface area (Å²) in [6, 6.07) is 10.5. The van der Waals surface area contributed by atoms with Gasteiger partial charge in [-0.1, -0.05) is 11.6 Å². The molecular formula is C18H13ClN2O2S2. The van der Waals surface area contributed by atoms with Gasteiger partial charge in [0.2, 0.25) is 0 Å². The van der Waals surface area contributed by atoms with Crippen molar-refractivity contribution in [2.75, 3.05) is 5.75 Å². The molecule has 2 aromatic heterocycles. The lowest BCUT2D eigenvalue weighted by molar-refractivity contribution is 0.102. The highest BCUT2D eigenvalue weighted by Crippen LogP contribution is 2.42. The van der Waals surface area contributed by atoms with Crippen LogP contribution in [0.3, 0.4) is 0 Å². The predicted octanol–water partition coefficient (Wildman–Crippen LogP) is 4.47. The molecule has 7 heteroatoms. The number of ketones is 1. The normalized spacial score (nSPS) is 13.0. The number of aryl methyl sites for hydroxylation is 1. The van der Waals surface area contributed by atoms with Gasteiger partial charge in [0.1, 0.15) is 0 Å². The summed E-state index contributed by atoms with van der Waals surface area (Å²) in [7, 11) is 0. The van der Waals surface area contributed by atoms with Gasteiger partial charge in [-0.05, 0) is 49.2 Å². The number of fused-ring (bicyclic) bond motifs is 3. The summed E-state index contributed by atoms with van der Waals surface area (Å²) in [5, 5.41) is 5.24. The minimum absolute atomic E-state index is 0.0475. The van der Waals surface area contributed by atoms with E-state index in [2.05, 4.69) is 5.10 Å². The van der Waals surface area contributed by atoms with E-state index in [0.29, 0.717) is 10.7 Å². The quantitative estimate of drug-likeness (QED) is 0.608. The monoisotopic (exact) mass is 388 g/mol. The standard InChI is InChI=1S/C18H13ClN2O2S2/c1-10(22)15-9-14-17-11(6-7-24-18(14)25-15)8-16(23)21(20-17)13-4-2-12(19)3-5-13/h2-5,8-9H,6-7H2,1H3. The average Bonchev–Trinajstić information content (AvgIpc) is 2.94. The number of carbonyl (C=O) groups excluding carboxylic acids is 1. The maximum absolute atomic E-state index is 12.5. The molecule has 0 fully saturated rings. The lowest BCUT2D eigenvalue weighted by Crippen LogP contribution is -2.22. The molecule has 0 unspecified atom stereocenters. The third-order valence-corrected chi connectivity index (χ3v) is 6.76. The second-order valence-electron chi connectivity index (χ2n) is 5.71. The van der Waals surface area contributed by atoms with Crippen LogP contribution in [0.15, 0.2) is 45.4 Å². The Morgan fingerprint density at radius 2 is 2.00 bits per heavy atom. The summed E-state index contributed by atoms with van der Waals surface area (Å²) < 4.78 is 2.47. The first-order chi connectivity index (χ1) is 12.0. The number of carbonyl (C=O) groups is 1. The van der Waals surface area contributed by atoms with Crippen LogP contribution in [0.1, 0.15) is 22.2 Å². The van der Waals surface area contributed by atoms with E-state index in [1.54, 1.807) is 49.0 Å². The molecule has 0 atom stereocenters. The molecule has 0 radical (unpaired) electrons. The van der Waals surface area contributed by atoms with E-state index in [9.17, 15) is 9.59 Å². The van der Waals surface area contributed by atoms with Crippen LogP contribution in [-0.2, 0) is 6.42 Å². The second-order valence-corrected chi connectivity index (χ2v) is 8.56. The maximum Gasteiger partial charge on any atom is 0.271 e. The Morgan fingerprint density at radius 3 is 2.72 bits per heavy atom. The number of thiophene rings is 1. The first-order valence-corrected chi connectivity index (χ1v) is 9.88. The highest BCUT2D eigenvalue weighted by Gasteiger charge is 2.22. The van der Waals surface area contributed by atoms with Crippen LogP contribution in [0.4, 0.5) is 0 Å². The average molecular weight is 389 g/mol. The van der Waals surface area contributed by atoms with Gasteiger partial charge in [-0.15, -0.1) is 23.1 Å². The highest BCUT2D eigenvalue weighted by molar-refractivity contribution is 8.01. The molecule has 0 saturated heterocycles. The van der Waals surface area contributed by atoms with Crippen LogP contribution < -0.4 is 5.56 Å². The molecule has 0 N–H and O–H groups in total. The van der Waals surface area contributed by atoms with Crippen molar-refractivity contribution in [1.29, 1.82) is 0 Å². The van der Waals surface area contributed by atoms with Crippen LogP contribution in [0, 0.1) is 0 Å². The van der Waals surface area contributed by atoms with Crippen LogP contribution in [0.25, 0.3) is 16.9 Å². The number of thioether (sulfide) groups is 1. The molecule has 0 amide bonds. The molecule has 0 spiro atoms. The highest BCUT2D eigenvalue weighted by atomic mass is 35.5. The number of Topliss-reactive ketones (excluding diaryl/α,β-unsaturated/α-hetero) is 1. The summed E-state index contributed by atoms with van der Waals surface area (Å²) in [5.74, 6) is 0.912. The lowest BCUT2D eigenvalue weighted by Gasteiger charge is -2.10. The zero-order valence-corrected chi connectivity index (χ0v) is 15.7. The SMILES string of the molecule is CC(=O)c1cc2c(s1)SCCc1cc(=O)n(-c3ccc(Cl)cc3)nc1-2. The summed E-state index contributed by atoms with van der Waals surface area (Å²) in [4.78, 5) is 25.0. The van der Waals surface area contributed by atoms with Gasteiger partial charge in [0.25, 0.3) is 5.56 Å². The Bertz CT molecular complexity index is 1040. The molecule has 4 nitrogen and oxygen atoms in total. The zero-order chi connectivity index (χ0) is 17.6. The van der Waals surface area contributed by atoms with Gasteiger partial charge in [-0.2, -0.15) is 9.78 Å². The molecular weight excluding hydrogens is 376 g/mol. The summed E-state index contributed by atoms with van der Waals surface area (Å²) in [6.07, 6.45) is 0.778.